The predicted octanol–water partition coefficient (Wildman–Crippen LogP) is 14.9. The maximum atomic E-state index is 6.41. The number of fused-ring (bicyclic) bond motifs is 4. The summed E-state index contributed by atoms with van der Waals surface area (Å²) in [4.78, 5) is 2.32. The van der Waals surface area contributed by atoms with Crippen molar-refractivity contribution in [2.75, 3.05) is 4.90 Å². The van der Waals surface area contributed by atoms with E-state index in [1.807, 2.05) is 12.1 Å². The smallest absolute Gasteiger partial charge is 0.136 e. The normalized spacial score (nSPS) is 11.3. The first kappa shape index (κ1) is 31.6. The number of para-hydroxylation sites is 2. The maximum absolute atomic E-state index is 6.41. The van der Waals surface area contributed by atoms with Gasteiger partial charge >= 0.3 is 0 Å². The molecule has 0 bridgehead atoms. The summed E-state index contributed by atoms with van der Waals surface area (Å²) in [6, 6.07) is 75.9. The van der Waals surface area contributed by atoms with Gasteiger partial charge in [0.15, 0.2) is 0 Å². The summed E-state index contributed by atoms with van der Waals surface area (Å²) in [6.45, 7) is 0. The van der Waals surface area contributed by atoms with Gasteiger partial charge in [-0.15, -0.1) is 0 Å². The van der Waals surface area contributed by atoms with Gasteiger partial charge in [-0.05, 0) is 116 Å². The first-order valence-corrected chi connectivity index (χ1v) is 18.4. The van der Waals surface area contributed by atoms with Crippen molar-refractivity contribution < 1.29 is 4.42 Å². The second-order valence-electron chi connectivity index (χ2n) is 13.8. The molecule has 0 saturated heterocycles. The molecule has 9 aromatic carbocycles. The third-order valence-electron chi connectivity index (χ3n) is 10.5. The van der Waals surface area contributed by atoms with Gasteiger partial charge in [0, 0.05) is 27.8 Å². The van der Waals surface area contributed by atoms with E-state index in [0.29, 0.717) is 0 Å². The van der Waals surface area contributed by atoms with Crippen LogP contribution >= 0.6 is 0 Å². The van der Waals surface area contributed by atoms with Gasteiger partial charge in [0.25, 0.3) is 0 Å². The van der Waals surface area contributed by atoms with E-state index in [-0.39, 0.29) is 0 Å². The van der Waals surface area contributed by atoms with E-state index in [2.05, 4.69) is 205 Å². The zero-order chi connectivity index (χ0) is 35.8. The number of furan rings is 1. The Kier molecular flexibility index (Phi) is 7.85. The molecule has 0 saturated carbocycles. The zero-order valence-electron chi connectivity index (χ0n) is 29.6. The van der Waals surface area contributed by atoms with E-state index in [4.69, 9.17) is 4.42 Å². The van der Waals surface area contributed by atoms with Crippen LogP contribution in [0.5, 0.6) is 0 Å². The highest BCUT2D eigenvalue weighted by molar-refractivity contribution is 6.09. The Balaban J connectivity index is 1.03. The minimum absolute atomic E-state index is 0.889. The standard InChI is InChI=1S/C52H35NO/c1-3-11-36(12-4-1)38-19-21-39(22-20-38)40-25-29-45(30-26-40)53(44-15-5-2-6-16-44)46-31-27-41(28-32-46)49-35-52-50(47-17-9-10-18-51(47)54-52)34-48(49)43-24-23-37-13-7-8-14-42(37)33-43/h1-35H. The van der Waals surface area contributed by atoms with Crippen LogP contribution in [0.2, 0.25) is 0 Å². The van der Waals surface area contributed by atoms with Gasteiger partial charge in [-0.25, -0.2) is 0 Å². The highest BCUT2D eigenvalue weighted by Gasteiger charge is 2.17. The van der Waals surface area contributed by atoms with Gasteiger partial charge in [0.2, 0.25) is 0 Å². The molecule has 1 aromatic heterocycles. The van der Waals surface area contributed by atoms with E-state index in [1.165, 1.54) is 44.2 Å². The summed E-state index contributed by atoms with van der Waals surface area (Å²) < 4.78 is 6.41. The Bertz CT molecular complexity index is 2890. The van der Waals surface area contributed by atoms with Gasteiger partial charge in [-0.2, -0.15) is 0 Å². The third kappa shape index (κ3) is 5.81. The number of nitrogens with zero attached hydrogens (tertiary/aromatic N) is 1. The van der Waals surface area contributed by atoms with Crippen LogP contribution in [0.4, 0.5) is 17.1 Å². The fourth-order valence-corrected chi connectivity index (χ4v) is 7.71. The molecule has 0 fully saturated rings. The molecule has 0 N–H and O–H groups in total. The van der Waals surface area contributed by atoms with Crippen LogP contribution < -0.4 is 4.90 Å². The molecule has 0 atom stereocenters. The van der Waals surface area contributed by atoms with Crippen molar-refractivity contribution in [1.29, 1.82) is 0 Å². The Morgan fingerprint density at radius 3 is 1.44 bits per heavy atom. The van der Waals surface area contributed by atoms with E-state index < -0.39 is 0 Å². The molecule has 54 heavy (non-hydrogen) atoms. The third-order valence-corrected chi connectivity index (χ3v) is 10.5. The van der Waals surface area contributed by atoms with Crippen LogP contribution in [0, 0.1) is 0 Å². The summed E-state index contributed by atoms with van der Waals surface area (Å²) in [5.74, 6) is 0. The van der Waals surface area contributed by atoms with Crippen molar-refractivity contribution in [2.24, 2.45) is 0 Å². The average molecular weight is 690 g/mol. The Morgan fingerprint density at radius 2 is 0.759 bits per heavy atom. The lowest BCUT2D eigenvalue weighted by molar-refractivity contribution is 0.669. The first-order valence-electron chi connectivity index (χ1n) is 18.4. The quantitative estimate of drug-likeness (QED) is 0.166. The van der Waals surface area contributed by atoms with Crippen LogP contribution in [0.1, 0.15) is 0 Å². The molecule has 0 unspecified atom stereocenters. The summed E-state index contributed by atoms with van der Waals surface area (Å²) in [7, 11) is 0. The number of hydrogen-bond acceptors (Lipinski definition) is 2. The summed E-state index contributed by atoms with van der Waals surface area (Å²) in [6.07, 6.45) is 0. The van der Waals surface area contributed by atoms with Gasteiger partial charge in [-0.3, -0.25) is 0 Å². The van der Waals surface area contributed by atoms with Crippen LogP contribution in [-0.4, -0.2) is 0 Å². The van der Waals surface area contributed by atoms with E-state index in [9.17, 15) is 0 Å². The van der Waals surface area contributed by atoms with Crippen molar-refractivity contribution in [1.82, 2.24) is 0 Å². The number of benzene rings is 9. The topological polar surface area (TPSA) is 16.4 Å². The van der Waals surface area contributed by atoms with Gasteiger partial charge in [0.05, 0.1) is 0 Å². The van der Waals surface area contributed by atoms with Crippen LogP contribution in [-0.2, 0) is 0 Å². The molecule has 0 radical (unpaired) electrons. The minimum atomic E-state index is 0.889. The lowest BCUT2D eigenvalue weighted by Crippen LogP contribution is -2.09. The summed E-state index contributed by atoms with van der Waals surface area (Å²) in [5.41, 5.74) is 14.5. The average Bonchev–Trinajstić information content (AvgIpc) is 3.62. The summed E-state index contributed by atoms with van der Waals surface area (Å²) in [5, 5.41) is 4.71. The van der Waals surface area contributed by atoms with Crippen molar-refractivity contribution >= 4 is 49.8 Å². The van der Waals surface area contributed by atoms with Crippen LogP contribution in [0.25, 0.3) is 77.2 Å². The van der Waals surface area contributed by atoms with Gasteiger partial charge in [0.1, 0.15) is 11.2 Å². The molecule has 254 valence electrons. The monoisotopic (exact) mass is 689 g/mol. The van der Waals surface area contributed by atoms with Crippen molar-refractivity contribution in [3.8, 4) is 44.5 Å². The molecule has 0 amide bonds. The van der Waals surface area contributed by atoms with Crippen LogP contribution in [0.15, 0.2) is 217 Å². The van der Waals surface area contributed by atoms with E-state index in [0.717, 1.165) is 50.1 Å². The van der Waals surface area contributed by atoms with Crippen molar-refractivity contribution in [3.05, 3.63) is 212 Å². The Labute approximate surface area is 314 Å². The predicted molar refractivity (Wildman–Crippen MR) is 228 cm³/mol. The molecule has 0 aliphatic heterocycles. The number of anilines is 3. The van der Waals surface area contributed by atoms with E-state index >= 15 is 0 Å². The molecule has 10 aromatic rings. The second-order valence-corrected chi connectivity index (χ2v) is 13.8. The summed E-state index contributed by atoms with van der Waals surface area (Å²) >= 11 is 0. The molecule has 0 aliphatic carbocycles. The molecule has 2 heteroatoms. The molecule has 1 heterocycles. The molecule has 0 aliphatic rings. The van der Waals surface area contributed by atoms with E-state index in [1.54, 1.807) is 0 Å². The van der Waals surface area contributed by atoms with Crippen molar-refractivity contribution in [2.45, 2.75) is 0 Å². The molecule has 10 rings (SSSR count). The lowest BCUT2D eigenvalue weighted by Gasteiger charge is -2.26. The Morgan fingerprint density at radius 1 is 0.278 bits per heavy atom. The highest BCUT2D eigenvalue weighted by Crippen LogP contribution is 2.42. The SMILES string of the molecule is c1ccc(-c2ccc(-c3ccc(N(c4ccccc4)c4ccc(-c5cc6oc7ccccc7c6cc5-c5ccc6ccccc6c5)cc4)cc3)cc2)cc1. The molecule has 0 spiro atoms. The van der Waals surface area contributed by atoms with Crippen molar-refractivity contribution in [3.63, 3.8) is 0 Å². The fraction of sp³-hybridized carbons (Fsp3) is 0. The number of hydrogen-bond donors (Lipinski definition) is 0. The van der Waals surface area contributed by atoms with Gasteiger partial charge < -0.3 is 9.32 Å². The second kappa shape index (κ2) is 13.4. The molecular weight excluding hydrogens is 655 g/mol. The molecular formula is C52H35NO. The Hall–Kier alpha value is -7.16. The fourth-order valence-electron chi connectivity index (χ4n) is 7.71. The largest absolute Gasteiger partial charge is 0.456 e. The maximum Gasteiger partial charge on any atom is 0.136 e. The van der Waals surface area contributed by atoms with Crippen LogP contribution in [0.3, 0.4) is 0 Å². The molecule has 2 nitrogen and oxygen atoms in total. The minimum Gasteiger partial charge on any atom is -0.456 e. The van der Waals surface area contributed by atoms with Gasteiger partial charge in [-0.1, -0.05) is 152 Å². The zero-order valence-corrected chi connectivity index (χ0v) is 29.6. The highest BCUT2D eigenvalue weighted by atomic mass is 16.3. The first-order chi connectivity index (χ1) is 26.7. The number of rotatable bonds is 7. The lowest BCUT2D eigenvalue weighted by atomic mass is 9.91.